The summed E-state index contributed by atoms with van der Waals surface area (Å²) in [6, 6.07) is 7.89. The van der Waals surface area contributed by atoms with Gasteiger partial charge in [0, 0.05) is 17.5 Å². The second kappa shape index (κ2) is 5.63. The van der Waals surface area contributed by atoms with Gasteiger partial charge in [-0.2, -0.15) is 0 Å². The number of benzene rings is 1. The molecule has 2 N–H and O–H groups in total. The third-order valence-electron chi connectivity index (χ3n) is 5.06. The Morgan fingerprint density at radius 1 is 1.27 bits per heavy atom. The van der Waals surface area contributed by atoms with Gasteiger partial charge in [-0.1, -0.05) is 18.2 Å². The highest BCUT2D eigenvalue weighted by Crippen LogP contribution is 2.50. The number of carboxylic acids is 1. The molecule has 2 fully saturated rings. The zero-order chi connectivity index (χ0) is 15.7. The maximum Gasteiger partial charge on any atom is 0.307 e. The number of hydrogen-bond donors (Lipinski definition) is 2. The summed E-state index contributed by atoms with van der Waals surface area (Å²) in [5.41, 5.74) is 1.08. The molecule has 2 saturated carbocycles. The van der Waals surface area contributed by atoms with Crippen LogP contribution in [-0.4, -0.2) is 30.6 Å². The monoisotopic (exact) mass is 303 g/mol. The van der Waals surface area contributed by atoms with E-state index in [0.29, 0.717) is 19.4 Å². The molecule has 1 aromatic rings. The van der Waals surface area contributed by atoms with Crippen LogP contribution in [0.2, 0.25) is 0 Å². The first kappa shape index (κ1) is 14.9. The molecule has 1 aromatic carbocycles. The molecule has 0 aromatic heterocycles. The van der Waals surface area contributed by atoms with Crippen LogP contribution in [0.25, 0.3) is 0 Å². The third kappa shape index (κ3) is 2.56. The Labute approximate surface area is 129 Å². The standard InChI is InChI=1S/C17H21NO4/c1-22-14-5-3-2-4-13(14)17(8-9-17)10-18-15(19)11-6-7-12(11)16(20)21/h2-5,11-12H,6-10H2,1H3,(H,18,19)(H,20,21). The molecule has 2 aliphatic carbocycles. The van der Waals surface area contributed by atoms with Crippen molar-refractivity contribution in [2.75, 3.05) is 13.7 Å². The van der Waals surface area contributed by atoms with Crippen LogP contribution in [0, 0.1) is 11.8 Å². The number of methoxy groups -OCH3 is 1. The highest BCUT2D eigenvalue weighted by Gasteiger charge is 2.47. The van der Waals surface area contributed by atoms with Gasteiger partial charge >= 0.3 is 5.97 Å². The first-order chi connectivity index (χ1) is 10.6. The van der Waals surface area contributed by atoms with Crippen LogP contribution in [-0.2, 0) is 15.0 Å². The van der Waals surface area contributed by atoms with Crippen LogP contribution in [0.1, 0.15) is 31.2 Å². The van der Waals surface area contributed by atoms with Crippen molar-refractivity contribution in [3.8, 4) is 5.75 Å². The van der Waals surface area contributed by atoms with E-state index in [1.807, 2.05) is 24.3 Å². The Morgan fingerprint density at radius 3 is 2.50 bits per heavy atom. The molecular weight excluding hydrogens is 282 g/mol. The van der Waals surface area contributed by atoms with E-state index in [1.165, 1.54) is 0 Å². The average Bonchev–Trinajstić information content (AvgIpc) is 3.24. The summed E-state index contributed by atoms with van der Waals surface area (Å²) in [6.07, 6.45) is 3.30. The van der Waals surface area contributed by atoms with Gasteiger partial charge in [0.15, 0.2) is 0 Å². The molecule has 0 aliphatic heterocycles. The second-order valence-corrected chi connectivity index (χ2v) is 6.33. The Bertz CT molecular complexity index is 594. The second-order valence-electron chi connectivity index (χ2n) is 6.33. The lowest BCUT2D eigenvalue weighted by atomic mass is 9.73. The topological polar surface area (TPSA) is 75.6 Å². The maximum atomic E-state index is 12.2. The summed E-state index contributed by atoms with van der Waals surface area (Å²) in [6.45, 7) is 0.551. The minimum Gasteiger partial charge on any atom is -0.496 e. The summed E-state index contributed by atoms with van der Waals surface area (Å²) in [5, 5.41) is 12.0. The normalized spacial score (nSPS) is 25.0. The van der Waals surface area contributed by atoms with E-state index in [1.54, 1.807) is 7.11 Å². The number of ether oxygens (including phenoxy) is 1. The zero-order valence-electron chi connectivity index (χ0n) is 12.7. The Balaban J connectivity index is 1.64. The summed E-state index contributed by atoms with van der Waals surface area (Å²) >= 11 is 0. The first-order valence-electron chi connectivity index (χ1n) is 7.71. The molecule has 0 saturated heterocycles. The van der Waals surface area contributed by atoms with Gasteiger partial charge < -0.3 is 15.2 Å². The van der Waals surface area contributed by atoms with Gasteiger partial charge in [0.05, 0.1) is 18.9 Å². The highest BCUT2D eigenvalue weighted by atomic mass is 16.5. The van der Waals surface area contributed by atoms with Crippen LogP contribution in [0.4, 0.5) is 0 Å². The zero-order valence-corrected chi connectivity index (χ0v) is 12.7. The molecule has 0 heterocycles. The molecule has 22 heavy (non-hydrogen) atoms. The summed E-state index contributed by atoms with van der Waals surface area (Å²) < 4.78 is 5.42. The van der Waals surface area contributed by atoms with Crippen LogP contribution in [0.5, 0.6) is 5.75 Å². The number of carboxylic acid groups (broad SMARTS) is 1. The van der Waals surface area contributed by atoms with E-state index in [0.717, 1.165) is 24.2 Å². The minimum absolute atomic E-state index is 0.0509. The van der Waals surface area contributed by atoms with Gasteiger partial charge in [-0.05, 0) is 31.7 Å². The lowest BCUT2D eigenvalue weighted by molar-refractivity contribution is -0.152. The summed E-state index contributed by atoms with van der Waals surface area (Å²) in [5.74, 6) is -1.02. The SMILES string of the molecule is COc1ccccc1C1(CNC(=O)C2CCC2C(=O)O)CC1. The largest absolute Gasteiger partial charge is 0.496 e. The predicted octanol–water partition coefficient (Wildman–Crippen LogP) is 1.95. The Morgan fingerprint density at radius 2 is 1.95 bits per heavy atom. The fourth-order valence-corrected chi connectivity index (χ4v) is 3.27. The maximum absolute atomic E-state index is 12.2. The molecule has 1 amide bonds. The minimum atomic E-state index is -0.864. The number of rotatable bonds is 6. The van der Waals surface area contributed by atoms with Gasteiger partial charge in [0.25, 0.3) is 0 Å². The molecule has 0 spiro atoms. The van der Waals surface area contributed by atoms with E-state index in [9.17, 15) is 9.59 Å². The van der Waals surface area contributed by atoms with E-state index < -0.39 is 11.9 Å². The molecule has 0 bridgehead atoms. The number of carbonyl (C=O) groups is 2. The number of carbonyl (C=O) groups excluding carboxylic acids is 1. The van der Waals surface area contributed by atoms with Crippen LogP contribution in [0.3, 0.4) is 0 Å². The number of aliphatic carboxylic acids is 1. The molecule has 5 nitrogen and oxygen atoms in total. The van der Waals surface area contributed by atoms with Crippen molar-refractivity contribution >= 4 is 11.9 Å². The first-order valence-corrected chi connectivity index (χ1v) is 7.71. The van der Waals surface area contributed by atoms with Crippen LogP contribution < -0.4 is 10.1 Å². The van der Waals surface area contributed by atoms with Crippen LogP contribution >= 0.6 is 0 Å². The molecule has 3 rings (SSSR count). The quantitative estimate of drug-likeness (QED) is 0.842. The van der Waals surface area contributed by atoms with Gasteiger partial charge in [0.1, 0.15) is 5.75 Å². The summed E-state index contributed by atoms with van der Waals surface area (Å²) in [7, 11) is 1.65. The Hall–Kier alpha value is -2.04. The lowest BCUT2D eigenvalue weighted by Crippen LogP contribution is -2.45. The van der Waals surface area contributed by atoms with E-state index in [2.05, 4.69) is 5.32 Å². The van der Waals surface area contributed by atoms with Crippen molar-refractivity contribution in [3.63, 3.8) is 0 Å². The Kier molecular flexibility index (Phi) is 3.81. The fraction of sp³-hybridized carbons (Fsp3) is 0.529. The fourth-order valence-electron chi connectivity index (χ4n) is 3.27. The molecule has 2 unspecified atom stereocenters. The number of nitrogens with one attached hydrogen (secondary N) is 1. The van der Waals surface area contributed by atoms with Crippen molar-refractivity contribution in [1.82, 2.24) is 5.32 Å². The van der Waals surface area contributed by atoms with Crippen molar-refractivity contribution < 1.29 is 19.4 Å². The molecule has 2 atom stereocenters. The third-order valence-corrected chi connectivity index (χ3v) is 5.06. The van der Waals surface area contributed by atoms with Gasteiger partial charge in [-0.15, -0.1) is 0 Å². The number of hydrogen-bond acceptors (Lipinski definition) is 3. The molecule has 5 heteroatoms. The van der Waals surface area contributed by atoms with E-state index in [4.69, 9.17) is 9.84 Å². The van der Waals surface area contributed by atoms with Crippen molar-refractivity contribution in [3.05, 3.63) is 29.8 Å². The van der Waals surface area contributed by atoms with Gasteiger partial charge in [-0.25, -0.2) is 0 Å². The van der Waals surface area contributed by atoms with Crippen molar-refractivity contribution in [2.45, 2.75) is 31.1 Å². The summed E-state index contributed by atoms with van der Waals surface area (Å²) in [4.78, 5) is 23.2. The molecule has 2 aliphatic rings. The smallest absolute Gasteiger partial charge is 0.307 e. The molecule has 118 valence electrons. The van der Waals surface area contributed by atoms with Crippen LogP contribution in [0.15, 0.2) is 24.3 Å². The van der Waals surface area contributed by atoms with Crippen molar-refractivity contribution in [1.29, 1.82) is 0 Å². The highest BCUT2D eigenvalue weighted by molar-refractivity contribution is 5.86. The van der Waals surface area contributed by atoms with E-state index >= 15 is 0 Å². The molecule has 0 radical (unpaired) electrons. The lowest BCUT2D eigenvalue weighted by Gasteiger charge is -2.32. The molecular formula is C17H21NO4. The van der Waals surface area contributed by atoms with Gasteiger partial charge in [-0.3, -0.25) is 9.59 Å². The number of para-hydroxylation sites is 1. The average molecular weight is 303 g/mol. The number of amides is 1. The predicted molar refractivity (Wildman–Crippen MR) is 80.8 cm³/mol. The van der Waals surface area contributed by atoms with E-state index in [-0.39, 0.29) is 17.2 Å². The van der Waals surface area contributed by atoms with Gasteiger partial charge in [0.2, 0.25) is 5.91 Å². The van der Waals surface area contributed by atoms with Crippen molar-refractivity contribution in [2.24, 2.45) is 11.8 Å².